The zero-order valence-corrected chi connectivity index (χ0v) is 12.7. The van der Waals surface area contributed by atoms with Crippen LogP contribution in [0.2, 0.25) is 5.28 Å². The quantitative estimate of drug-likeness (QED) is 0.744. The third-order valence-corrected chi connectivity index (χ3v) is 4.93. The number of rotatable bonds is 4. The van der Waals surface area contributed by atoms with Crippen molar-refractivity contribution in [2.75, 3.05) is 11.9 Å². The van der Waals surface area contributed by atoms with Crippen molar-refractivity contribution in [3.63, 3.8) is 0 Å². The van der Waals surface area contributed by atoms with Crippen LogP contribution in [0.4, 0.5) is 5.82 Å². The molecule has 0 saturated carbocycles. The second kappa shape index (κ2) is 5.75. The van der Waals surface area contributed by atoms with Crippen molar-refractivity contribution in [1.82, 2.24) is 9.97 Å². The molecule has 0 spiro atoms. The first-order chi connectivity index (χ1) is 10.1. The molecule has 2 aromatic rings. The third kappa shape index (κ3) is 2.68. The Hall–Kier alpha value is -1.44. The van der Waals surface area contributed by atoms with Gasteiger partial charge in [0.2, 0.25) is 5.28 Å². The molecular weight excluding hydrogens is 314 g/mol. The van der Waals surface area contributed by atoms with Crippen molar-refractivity contribution < 1.29 is 15.0 Å². The lowest BCUT2D eigenvalue weighted by Crippen LogP contribution is -2.33. The number of aliphatic carboxylic acids is 1. The Bertz CT molecular complexity index is 704. The smallest absolute Gasteiger partial charge is 0.328 e. The number of aromatic nitrogens is 2. The van der Waals surface area contributed by atoms with Gasteiger partial charge in [-0.05, 0) is 42.8 Å². The number of carboxylic acid groups (broad SMARTS) is 1. The number of hydrogen-bond acceptors (Lipinski definition) is 6. The van der Waals surface area contributed by atoms with E-state index in [4.69, 9.17) is 16.7 Å². The molecule has 1 unspecified atom stereocenters. The molecule has 0 aromatic carbocycles. The second-order valence-corrected chi connectivity index (χ2v) is 6.37. The number of hydrogen-bond donors (Lipinski definition) is 3. The van der Waals surface area contributed by atoms with Gasteiger partial charge in [0.1, 0.15) is 16.7 Å². The van der Waals surface area contributed by atoms with Crippen LogP contribution in [0.25, 0.3) is 10.2 Å². The Kier molecular flexibility index (Phi) is 3.97. The van der Waals surface area contributed by atoms with E-state index in [9.17, 15) is 9.90 Å². The molecule has 0 amide bonds. The summed E-state index contributed by atoms with van der Waals surface area (Å²) in [6, 6.07) is -1.11. The molecule has 8 heteroatoms. The molecule has 0 bridgehead atoms. The highest BCUT2D eigenvalue weighted by molar-refractivity contribution is 7.19. The first-order valence-corrected chi connectivity index (χ1v) is 7.87. The zero-order chi connectivity index (χ0) is 15.0. The summed E-state index contributed by atoms with van der Waals surface area (Å²) in [5.41, 5.74) is 1.18. The van der Waals surface area contributed by atoms with E-state index in [0.717, 1.165) is 35.9 Å². The van der Waals surface area contributed by atoms with Crippen LogP contribution in [0.5, 0.6) is 0 Å². The molecule has 0 aliphatic heterocycles. The van der Waals surface area contributed by atoms with Crippen LogP contribution in [0.15, 0.2) is 0 Å². The van der Waals surface area contributed by atoms with Crippen molar-refractivity contribution in [2.45, 2.75) is 31.7 Å². The number of aliphatic hydroxyl groups excluding tert-OH is 1. The zero-order valence-electron chi connectivity index (χ0n) is 11.1. The van der Waals surface area contributed by atoms with E-state index < -0.39 is 18.6 Å². The predicted octanol–water partition coefficient (Wildman–Crippen LogP) is 2.08. The summed E-state index contributed by atoms with van der Waals surface area (Å²) in [6.07, 6.45) is 4.20. The molecule has 1 atom stereocenters. The number of halogens is 1. The lowest BCUT2D eigenvalue weighted by atomic mass is 9.97. The molecule has 21 heavy (non-hydrogen) atoms. The third-order valence-electron chi connectivity index (χ3n) is 3.58. The second-order valence-electron chi connectivity index (χ2n) is 4.95. The number of aryl methyl sites for hydroxylation is 2. The van der Waals surface area contributed by atoms with E-state index in [1.165, 1.54) is 10.4 Å². The molecule has 0 fully saturated rings. The lowest BCUT2D eigenvalue weighted by molar-refractivity contribution is -0.138. The number of anilines is 1. The van der Waals surface area contributed by atoms with Crippen molar-refractivity contribution >= 4 is 44.9 Å². The molecule has 0 saturated heterocycles. The van der Waals surface area contributed by atoms with E-state index >= 15 is 0 Å². The Balaban J connectivity index is 2.12. The molecule has 3 N–H and O–H groups in total. The highest BCUT2D eigenvalue weighted by atomic mass is 35.5. The number of thiophene rings is 1. The van der Waals surface area contributed by atoms with Gasteiger partial charge in [0.05, 0.1) is 12.0 Å². The van der Waals surface area contributed by atoms with Crippen LogP contribution < -0.4 is 5.32 Å². The van der Waals surface area contributed by atoms with Crippen molar-refractivity contribution in [1.29, 1.82) is 0 Å². The van der Waals surface area contributed by atoms with Crippen LogP contribution in [-0.4, -0.2) is 38.8 Å². The van der Waals surface area contributed by atoms with Gasteiger partial charge in [-0.1, -0.05) is 0 Å². The van der Waals surface area contributed by atoms with Gasteiger partial charge in [-0.2, -0.15) is 0 Å². The highest BCUT2D eigenvalue weighted by Gasteiger charge is 2.24. The molecule has 2 heterocycles. The summed E-state index contributed by atoms with van der Waals surface area (Å²) in [7, 11) is 0. The minimum Gasteiger partial charge on any atom is -0.480 e. The van der Waals surface area contributed by atoms with E-state index in [0.29, 0.717) is 5.82 Å². The molecule has 6 nitrogen and oxygen atoms in total. The fraction of sp³-hybridized carbons (Fsp3) is 0.462. The van der Waals surface area contributed by atoms with E-state index in [2.05, 4.69) is 15.3 Å². The molecule has 0 radical (unpaired) electrons. The largest absolute Gasteiger partial charge is 0.480 e. The highest BCUT2D eigenvalue weighted by Crippen LogP contribution is 2.39. The molecule has 1 aliphatic rings. The van der Waals surface area contributed by atoms with Gasteiger partial charge < -0.3 is 15.5 Å². The monoisotopic (exact) mass is 327 g/mol. The van der Waals surface area contributed by atoms with Crippen molar-refractivity contribution in [2.24, 2.45) is 0 Å². The standard InChI is InChI=1S/C13H14ClN3O3S/c14-13-16-10(15-7(5-18)12(19)20)9-6-3-1-2-4-8(6)21-11(9)17-13/h7,18H,1-5H2,(H,19,20)(H,15,16,17). The number of aliphatic hydroxyl groups is 1. The van der Waals surface area contributed by atoms with Crippen molar-refractivity contribution in [3.05, 3.63) is 15.7 Å². The maximum Gasteiger partial charge on any atom is 0.328 e. The summed E-state index contributed by atoms with van der Waals surface area (Å²) < 4.78 is 0. The van der Waals surface area contributed by atoms with E-state index in [1.807, 2.05) is 0 Å². The first kappa shape index (κ1) is 14.5. The summed E-state index contributed by atoms with van der Waals surface area (Å²) in [6.45, 7) is -0.523. The minimum atomic E-state index is -1.13. The van der Waals surface area contributed by atoms with Crippen LogP contribution in [0.1, 0.15) is 23.3 Å². The van der Waals surface area contributed by atoms with Crippen LogP contribution in [0, 0.1) is 0 Å². The molecule has 3 rings (SSSR count). The maximum atomic E-state index is 11.1. The minimum absolute atomic E-state index is 0.0747. The lowest BCUT2D eigenvalue weighted by Gasteiger charge is -2.15. The number of fused-ring (bicyclic) bond motifs is 3. The Morgan fingerprint density at radius 3 is 2.86 bits per heavy atom. The molecule has 2 aromatic heterocycles. The topological polar surface area (TPSA) is 95.3 Å². The number of nitrogens with one attached hydrogen (secondary N) is 1. The Morgan fingerprint density at radius 1 is 1.38 bits per heavy atom. The number of nitrogens with zero attached hydrogens (tertiary/aromatic N) is 2. The van der Waals surface area contributed by atoms with Crippen LogP contribution in [-0.2, 0) is 17.6 Å². The van der Waals surface area contributed by atoms with Gasteiger partial charge in [0.25, 0.3) is 0 Å². The summed E-state index contributed by atoms with van der Waals surface area (Å²) >= 11 is 7.51. The van der Waals surface area contributed by atoms with E-state index in [1.54, 1.807) is 11.3 Å². The number of carboxylic acids is 1. The number of carbonyl (C=O) groups is 1. The summed E-state index contributed by atoms with van der Waals surface area (Å²) in [4.78, 5) is 21.5. The summed E-state index contributed by atoms with van der Waals surface area (Å²) in [5, 5.41) is 21.9. The SMILES string of the molecule is O=C(O)C(CO)Nc1nc(Cl)nc2sc3c(c12)CCCC3. The van der Waals surface area contributed by atoms with Crippen LogP contribution in [0.3, 0.4) is 0 Å². The normalized spacial score (nSPS) is 15.7. The Labute approximate surface area is 129 Å². The Morgan fingerprint density at radius 2 is 2.14 bits per heavy atom. The van der Waals surface area contributed by atoms with Gasteiger partial charge in [0.15, 0.2) is 0 Å². The van der Waals surface area contributed by atoms with Gasteiger partial charge in [0, 0.05) is 4.88 Å². The fourth-order valence-corrected chi connectivity index (χ4v) is 4.07. The predicted molar refractivity (Wildman–Crippen MR) is 81.2 cm³/mol. The first-order valence-electron chi connectivity index (χ1n) is 6.68. The molecule has 112 valence electrons. The van der Waals surface area contributed by atoms with Crippen LogP contribution >= 0.6 is 22.9 Å². The van der Waals surface area contributed by atoms with Crippen molar-refractivity contribution in [3.8, 4) is 0 Å². The fourth-order valence-electron chi connectivity index (χ4n) is 2.59. The van der Waals surface area contributed by atoms with Gasteiger partial charge in [-0.25, -0.2) is 14.8 Å². The maximum absolute atomic E-state index is 11.1. The van der Waals surface area contributed by atoms with Gasteiger partial charge in [-0.15, -0.1) is 11.3 Å². The average Bonchev–Trinajstić information content (AvgIpc) is 2.81. The van der Waals surface area contributed by atoms with E-state index in [-0.39, 0.29) is 5.28 Å². The van der Waals surface area contributed by atoms with Gasteiger partial charge in [-0.3, -0.25) is 0 Å². The molecule has 1 aliphatic carbocycles. The van der Waals surface area contributed by atoms with Gasteiger partial charge >= 0.3 is 5.97 Å². The average molecular weight is 328 g/mol. The molecular formula is C13H14ClN3O3S. The summed E-state index contributed by atoms with van der Waals surface area (Å²) in [5.74, 6) is -0.740.